The molecular formula is C8H7ClO3. The van der Waals surface area contributed by atoms with E-state index in [4.69, 9.17) is 21.8 Å². The second-order valence-electron chi connectivity index (χ2n) is 2.33. The minimum atomic E-state index is -1.11. The number of carbonyl (C=O) groups is 1. The van der Waals surface area contributed by atoms with Gasteiger partial charge < -0.3 is 10.2 Å². The van der Waals surface area contributed by atoms with Gasteiger partial charge in [0.15, 0.2) is 0 Å². The van der Waals surface area contributed by atoms with Crippen LogP contribution in [0.4, 0.5) is 0 Å². The van der Waals surface area contributed by atoms with E-state index in [1.165, 1.54) is 18.2 Å². The van der Waals surface area contributed by atoms with Crippen molar-refractivity contribution in [2.75, 3.05) is 0 Å². The normalized spacial score (nSPS) is 17.2. The van der Waals surface area contributed by atoms with Gasteiger partial charge in [0.05, 0.1) is 16.4 Å². The molecular weight excluding hydrogens is 180 g/mol. The van der Waals surface area contributed by atoms with Gasteiger partial charge in [-0.1, -0.05) is 17.7 Å². The summed E-state index contributed by atoms with van der Waals surface area (Å²) in [5.41, 5.74) is 0.0131. The largest absolute Gasteiger partial charge is 0.512 e. The van der Waals surface area contributed by atoms with E-state index in [2.05, 4.69) is 0 Å². The molecule has 0 fully saturated rings. The van der Waals surface area contributed by atoms with E-state index < -0.39 is 5.97 Å². The zero-order valence-corrected chi connectivity index (χ0v) is 6.88. The third-order valence-corrected chi connectivity index (χ3v) is 1.79. The number of aliphatic carboxylic acids is 1. The third-order valence-electron chi connectivity index (χ3n) is 1.44. The van der Waals surface area contributed by atoms with E-state index >= 15 is 0 Å². The van der Waals surface area contributed by atoms with Crippen LogP contribution in [-0.2, 0) is 4.79 Å². The van der Waals surface area contributed by atoms with Crippen molar-refractivity contribution in [2.45, 2.75) is 6.42 Å². The fourth-order valence-corrected chi connectivity index (χ4v) is 1.07. The number of allylic oxidation sites excluding steroid dienone is 5. The van der Waals surface area contributed by atoms with Gasteiger partial charge in [-0.2, -0.15) is 0 Å². The van der Waals surface area contributed by atoms with E-state index in [1.54, 1.807) is 0 Å². The van der Waals surface area contributed by atoms with Gasteiger partial charge in [0.2, 0.25) is 0 Å². The average molecular weight is 187 g/mol. The highest BCUT2D eigenvalue weighted by atomic mass is 35.5. The molecule has 0 radical (unpaired) electrons. The van der Waals surface area contributed by atoms with Crippen LogP contribution in [0.5, 0.6) is 0 Å². The van der Waals surface area contributed by atoms with Crippen molar-refractivity contribution in [1.29, 1.82) is 0 Å². The van der Waals surface area contributed by atoms with Crippen LogP contribution >= 0.6 is 11.6 Å². The summed E-state index contributed by atoms with van der Waals surface area (Å²) in [6.07, 6.45) is 4.33. The molecule has 0 spiro atoms. The summed E-state index contributed by atoms with van der Waals surface area (Å²) in [4.78, 5) is 10.5. The first-order valence-electron chi connectivity index (χ1n) is 3.29. The molecule has 1 aliphatic carbocycles. The zero-order valence-electron chi connectivity index (χ0n) is 6.12. The molecule has 0 saturated carbocycles. The van der Waals surface area contributed by atoms with Gasteiger partial charge in [-0.25, -0.2) is 4.79 Å². The molecule has 0 saturated heterocycles. The average Bonchev–Trinajstić information content (AvgIpc) is 2.13. The molecule has 12 heavy (non-hydrogen) atoms. The van der Waals surface area contributed by atoms with Crippen molar-refractivity contribution >= 4 is 17.6 Å². The molecule has 0 aromatic rings. The van der Waals surface area contributed by atoms with Crippen LogP contribution in [0.25, 0.3) is 0 Å². The molecule has 0 aromatic carbocycles. The number of rotatable bonds is 1. The first-order chi connectivity index (χ1) is 5.61. The zero-order chi connectivity index (χ0) is 9.14. The Bertz CT molecular complexity index is 299. The lowest BCUT2D eigenvalue weighted by Crippen LogP contribution is -2.02. The Labute approximate surface area is 74.3 Å². The molecule has 0 bridgehead atoms. The second kappa shape index (κ2) is 3.45. The minimum absolute atomic E-state index is 0.000648. The molecule has 0 amide bonds. The van der Waals surface area contributed by atoms with Crippen molar-refractivity contribution in [3.8, 4) is 0 Å². The van der Waals surface area contributed by atoms with Gasteiger partial charge in [0.25, 0.3) is 0 Å². The van der Waals surface area contributed by atoms with Crippen molar-refractivity contribution < 1.29 is 15.0 Å². The van der Waals surface area contributed by atoms with Gasteiger partial charge in [0, 0.05) is 6.42 Å². The van der Waals surface area contributed by atoms with E-state index in [9.17, 15) is 4.79 Å². The van der Waals surface area contributed by atoms with Gasteiger partial charge in [-0.15, -0.1) is 0 Å². The molecule has 2 N–H and O–H groups in total. The molecule has 1 rings (SSSR count). The maximum absolute atomic E-state index is 10.5. The monoisotopic (exact) mass is 186 g/mol. The number of aliphatic hydroxyl groups excluding tert-OH is 1. The SMILES string of the molecule is O=C(O)C1=C(Cl)C=CC=C(O)C1. The predicted octanol–water partition coefficient (Wildman–Crippen LogP) is 1.97. The highest BCUT2D eigenvalue weighted by molar-refractivity contribution is 6.33. The Balaban J connectivity index is 3.03. The van der Waals surface area contributed by atoms with Crippen LogP contribution in [-0.4, -0.2) is 16.2 Å². The molecule has 0 unspecified atom stereocenters. The van der Waals surface area contributed by atoms with Crippen molar-refractivity contribution in [1.82, 2.24) is 0 Å². The number of aliphatic hydroxyl groups is 1. The first kappa shape index (κ1) is 8.87. The standard InChI is InChI=1S/C8H7ClO3/c9-7-3-1-2-5(10)4-6(7)8(11)12/h1-3,10H,4H2,(H,11,12). The molecule has 0 aromatic heterocycles. The van der Waals surface area contributed by atoms with E-state index in [1.807, 2.05) is 0 Å². The lowest BCUT2D eigenvalue weighted by molar-refractivity contribution is -0.132. The Morgan fingerprint density at radius 3 is 2.83 bits per heavy atom. The second-order valence-corrected chi connectivity index (χ2v) is 2.73. The summed E-state index contributed by atoms with van der Waals surface area (Å²) in [5.74, 6) is -1.11. The Hall–Kier alpha value is -1.22. The van der Waals surface area contributed by atoms with Crippen molar-refractivity contribution in [3.63, 3.8) is 0 Å². The third kappa shape index (κ3) is 1.89. The van der Waals surface area contributed by atoms with Crippen LogP contribution < -0.4 is 0 Å². The van der Waals surface area contributed by atoms with E-state index in [-0.39, 0.29) is 22.8 Å². The predicted molar refractivity (Wildman–Crippen MR) is 45.0 cm³/mol. The van der Waals surface area contributed by atoms with Gasteiger partial charge in [0.1, 0.15) is 0 Å². The Morgan fingerprint density at radius 1 is 1.58 bits per heavy atom. The fourth-order valence-electron chi connectivity index (χ4n) is 0.847. The first-order valence-corrected chi connectivity index (χ1v) is 3.67. The highest BCUT2D eigenvalue weighted by Gasteiger charge is 2.14. The number of hydrogen-bond acceptors (Lipinski definition) is 2. The number of carboxylic acids is 1. The molecule has 3 nitrogen and oxygen atoms in total. The summed E-state index contributed by atoms with van der Waals surface area (Å²) < 4.78 is 0. The van der Waals surface area contributed by atoms with E-state index in [0.29, 0.717) is 0 Å². The summed E-state index contributed by atoms with van der Waals surface area (Å²) in [6.45, 7) is 0. The smallest absolute Gasteiger partial charge is 0.333 e. The molecule has 0 aliphatic heterocycles. The number of carboxylic acid groups (broad SMARTS) is 1. The highest BCUT2D eigenvalue weighted by Crippen LogP contribution is 2.21. The van der Waals surface area contributed by atoms with Crippen LogP contribution in [0, 0.1) is 0 Å². The molecule has 4 heteroatoms. The molecule has 64 valence electrons. The Morgan fingerprint density at radius 2 is 2.25 bits per heavy atom. The maximum Gasteiger partial charge on any atom is 0.333 e. The minimum Gasteiger partial charge on any atom is -0.512 e. The van der Waals surface area contributed by atoms with Crippen molar-refractivity contribution in [3.05, 3.63) is 34.6 Å². The summed E-state index contributed by atoms with van der Waals surface area (Å²) >= 11 is 5.61. The van der Waals surface area contributed by atoms with Gasteiger partial charge in [-0.05, 0) is 12.2 Å². The van der Waals surface area contributed by atoms with Crippen LogP contribution in [0.3, 0.4) is 0 Å². The van der Waals surface area contributed by atoms with Gasteiger partial charge in [-0.3, -0.25) is 0 Å². The van der Waals surface area contributed by atoms with Crippen LogP contribution in [0.2, 0.25) is 0 Å². The quantitative estimate of drug-likeness (QED) is 0.658. The topological polar surface area (TPSA) is 57.5 Å². The Kier molecular flexibility index (Phi) is 2.55. The lowest BCUT2D eigenvalue weighted by Gasteiger charge is -2.00. The lowest BCUT2D eigenvalue weighted by atomic mass is 10.1. The maximum atomic E-state index is 10.5. The van der Waals surface area contributed by atoms with Crippen molar-refractivity contribution in [2.24, 2.45) is 0 Å². The molecule has 1 aliphatic rings. The van der Waals surface area contributed by atoms with Crippen LogP contribution in [0.15, 0.2) is 34.6 Å². The molecule has 0 atom stereocenters. The molecule has 0 heterocycles. The summed E-state index contributed by atoms with van der Waals surface area (Å²) in [7, 11) is 0. The van der Waals surface area contributed by atoms with Crippen LogP contribution in [0.1, 0.15) is 6.42 Å². The van der Waals surface area contributed by atoms with E-state index in [0.717, 1.165) is 0 Å². The summed E-state index contributed by atoms with van der Waals surface area (Å²) in [6, 6.07) is 0. The van der Waals surface area contributed by atoms with Gasteiger partial charge >= 0.3 is 5.97 Å². The number of halogens is 1. The number of hydrogen-bond donors (Lipinski definition) is 2. The fraction of sp³-hybridized carbons (Fsp3) is 0.125. The summed E-state index contributed by atoms with van der Waals surface area (Å²) in [5, 5.41) is 17.9.